The number of halogens is 2. The molecule has 4 aromatic rings. The Morgan fingerprint density at radius 3 is 2.32 bits per heavy atom. The van der Waals surface area contributed by atoms with Gasteiger partial charge >= 0.3 is 0 Å². The quantitative estimate of drug-likeness (QED) is 0.260. The van der Waals surface area contributed by atoms with Crippen LogP contribution in [0, 0.1) is 0 Å². The molecule has 2 heterocycles. The number of nitrogens with zero attached hydrogens (tertiary/aromatic N) is 1. The fourth-order valence-electron chi connectivity index (χ4n) is 4.76. The van der Waals surface area contributed by atoms with Crippen molar-refractivity contribution in [3.05, 3.63) is 111 Å². The largest absolute Gasteiger partial charge is 0.303 e. The second-order valence-electron chi connectivity index (χ2n) is 9.37. The van der Waals surface area contributed by atoms with Crippen molar-refractivity contribution in [1.29, 1.82) is 0 Å². The monoisotopic (exact) mass is 623 g/mol. The van der Waals surface area contributed by atoms with Crippen LogP contribution in [0.15, 0.2) is 88.7 Å². The zero-order chi connectivity index (χ0) is 28.9. The summed E-state index contributed by atoms with van der Waals surface area (Å²) in [4.78, 5) is 39.4. The highest BCUT2D eigenvalue weighted by molar-refractivity contribution is 8.18. The van der Waals surface area contributed by atoms with Crippen molar-refractivity contribution in [2.45, 2.75) is 18.0 Å². The van der Waals surface area contributed by atoms with Gasteiger partial charge in [0.2, 0.25) is 10.0 Å². The Morgan fingerprint density at radius 1 is 0.829 bits per heavy atom. The maximum absolute atomic E-state index is 13.7. The van der Waals surface area contributed by atoms with Gasteiger partial charge in [0, 0.05) is 12.1 Å². The number of fused-ring (bicyclic) bond motifs is 2. The van der Waals surface area contributed by atoms with E-state index < -0.39 is 27.1 Å². The molecule has 0 unspecified atom stereocenters. The van der Waals surface area contributed by atoms with E-state index in [0.29, 0.717) is 33.1 Å². The first kappa shape index (κ1) is 27.5. The summed E-state index contributed by atoms with van der Waals surface area (Å²) in [6.45, 7) is 0.124. The predicted molar refractivity (Wildman–Crippen MR) is 160 cm³/mol. The van der Waals surface area contributed by atoms with Crippen LogP contribution in [0.4, 0.5) is 10.5 Å². The maximum Gasteiger partial charge on any atom is 0.290 e. The Morgan fingerprint density at radius 2 is 1.59 bits per heavy atom. The molecule has 2 aliphatic heterocycles. The number of carbonyl (C=O) groups excluding carboxylic acids is 3. The minimum absolute atomic E-state index is 0.0417. The van der Waals surface area contributed by atoms with Crippen molar-refractivity contribution in [3.8, 4) is 0 Å². The summed E-state index contributed by atoms with van der Waals surface area (Å²) >= 11 is 12.8. The van der Waals surface area contributed by atoms with E-state index in [1.165, 1.54) is 23.1 Å². The maximum atomic E-state index is 13.7. The van der Waals surface area contributed by atoms with E-state index in [-0.39, 0.29) is 34.0 Å². The van der Waals surface area contributed by atoms with Gasteiger partial charge in [-0.25, -0.2) is 13.1 Å². The molecule has 206 valence electrons. The molecule has 0 saturated carbocycles. The summed E-state index contributed by atoms with van der Waals surface area (Å²) in [5.41, 5.74) is 2.02. The van der Waals surface area contributed by atoms with Crippen LogP contribution >= 0.6 is 35.0 Å². The number of imide groups is 1. The van der Waals surface area contributed by atoms with Crippen LogP contribution in [0.1, 0.15) is 16.7 Å². The zero-order valence-electron chi connectivity index (χ0n) is 21.0. The van der Waals surface area contributed by atoms with E-state index in [1.807, 2.05) is 42.5 Å². The van der Waals surface area contributed by atoms with Crippen molar-refractivity contribution in [3.63, 3.8) is 0 Å². The number of hydrogen-bond donors (Lipinski definition) is 2. The molecule has 1 fully saturated rings. The second-order valence-corrected chi connectivity index (χ2v) is 12.9. The highest BCUT2D eigenvalue weighted by Gasteiger charge is 2.40. The minimum atomic E-state index is -4.02. The topological polar surface area (TPSA) is 113 Å². The van der Waals surface area contributed by atoms with E-state index in [1.54, 1.807) is 18.2 Å². The molecule has 2 N–H and O–H groups in total. The highest BCUT2D eigenvalue weighted by Crippen LogP contribution is 2.44. The fraction of sp³-hybridized carbons (Fsp3) is 0.0690. The molecule has 41 heavy (non-hydrogen) atoms. The molecule has 0 spiro atoms. The smallest absolute Gasteiger partial charge is 0.290 e. The molecule has 0 bridgehead atoms. The number of rotatable bonds is 6. The molecule has 0 aromatic heterocycles. The average Bonchev–Trinajstić information content (AvgIpc) is 3.42. The van der Waals surface area contributed by atoms with E-state index in [0.717, 1.165) is 16.3 Å². The van der Waals surface area contributed by atoms with Crippen molar-refractivity contribution >= 4 is 84.1 Å². The van der Waals surface area contributed by atoms with Gasteiger partial charge < -0.3 is 4.90 Å². The third-order valence-electron chi connectivity index (χ3n) is 6.75. The van der Waals surface area contributed by atoms with Crippen molar-refractivity contribution < 1.29 is 22.8 Å². The summed E-state index contributed by atoms with van der Waals surface area (Å²) in [6.07, 6.45) is 0. The lowest BCUT2D eigenvalue weighted by Crippen LogP contribution is -2.26. The summed E-state index contributed by atoms with van der Waals surface area (Å²) < 4.78 is 29.3. The third-order valence-corrected chi connectivity index (χ3v) is 9.77. The van der Waals surface area contributed by atoms with Crippen molar-refractivity contribution in [1.82, 2.24) is 10.0 Å². The number of carbonyl (C=O) groups is 3. The molecule has 4 aromatic carbocycles. The van der Waals surface area contributed by atoms with Crippen LogP contribution in [-0.2, 0) is 32.7 Å². The van der Waals surface area contributed by atoms with Gasteiger partial charge in [-0.05, 0) is 70.1 Å². The highest BCUT2D eigenvalue weighted by atomic mass is 35.5. The van der Waals surface area contributed by atoms with Crippen LogP contribution < -0.4 is 14.9 Å². The van der Waals surface area contributed by atoms with Crippen LogP contribution in [0.25, 0.3) is 16.3 Å². The molecule has 0 atom stereocenters. The average molecular weight is 625 g/mol. The SMILES string of the molecule is O=C1NC(=O)/C(=C2/C(=O)N(Cc3ccc(Cl)c(Cl)c3)c3ccc(S(=O)(=O)NCc4ccc5ccccc5c4)cc32)S1. The van der Waals surface area contributed by atoms with Crippen LogP contribution in [0.2, 0.25) is 10.0 Å². The molecule has 8 nitrogen and oxygen atoms in total. The third kappa shape index (κ3) is 5.25. The lowest BCUT2D eigenvalue weighted by Gasteiger charge is -2.18. The molecule has 12 heteroatoms. The molecule has 6 rings (SSSR count). The van der Waals surface area contributed by atoms with Gasteiger partial charge in [0.25, 0.3) is 17.1 Å². The Kier molecular flexibility index (Phi) is 7.13. The van der Waals surface area contributed by atoms with Gasteiger partial charge in [-0.3, -0.25) is 19.7 Å². The van der Waals surface area contributed by atoms with Gasteiger partial charge in [-0.1, -0.05) is 65.7 Å². The van der Waals surface area contributed by atoms with Crippen LogP contribution in [-0.4, -0.2) is 25.5 Å². The summed E-state index contributed by atoms with van der Waals surface area (Å²) in [6, 6.07) is 22.7. The normalized spacial score (nSPS) is 16.9. The molecule has 0 aliphatic carbocycles. The molecule has 0 radical (unpaired) electrons. The first-order chi connectivity index (χ1) is 19.6. The predicted octanol–water partition coefficient (Wildman–Crippen LogP) is 5.87. The van der Waals surface area contributed by atoms with Crippen molar-refractivity contribution in [2.75, 3.05) is 4.90 Å². The number of thioether (sulfide) groups is 1. The number of hydrogen-bond acceptors (Lipinski definition) is 6. The number of anilines is 1. The standard InChI is InChI=1S/C29H19Cl2N3O5S2/c30-22-9-6-17(12-23(22)31)15-34-24-10-8-20(13-21(24)25(28(34)36)26-27(35)33-29(37)40-26)41(38,39)32-14-16-5-7-18-3-1-2-4-19(18)11-16/h1-13,32H,14-15H2,(H,33,35,37)/b26-25-. The number of sulfonamides is 1. The molecular weight excluding hydrogens is 605 g/mol. The zero-order valence-corrected chi connectivity index (χ0v) is 24.1. The van der Waals surface area contributed by atoms with E-state index in [4.69, 9.17) is 23.2 Å². The lowest BCUT2D eigenvalue weighted by molar-refractivity contribution is -0.116. The first-order valence-electron chi connectivity index (χ1n) is 12.3. The second kappa shape index (κ2) is 10.6. The van der Waals surface area contributed by atoms with Gasteiger partial charge in [0.15, 0.2) is 0 Å². The van der Waals surface area contributed by atoms with Gasteiger partial charge in [-0.15, -0.1) is 0 Å². The minimum Gasteiger partial charge on any atom is -0.303 e. The van der Waals surface area contributed by atoms with E-state index >= 15 is 0 Å². The lowest BCUT2D eigenvalue weighted by atomic mass is 10.1. The Labute approximate surface area is 249 Å². The fourth-order valence-corrected chi connectivity index (χ4v) is 6.90. The van der Waals surface area contributed by atoms with Gasteiger partial charge in [0.05, 0.1) is 37.7 Å². The number of nitrogens with one attached hydrogen (secondary N) is 2. The van der Waals surface area contributed by atoms with Crippen molar-refractivity contribution in [2.24, 2.45) is 0 Å². The Balaban J connectivity index is 1.36. The number of benzene rings is 4. The Hall–Kier alpha value is -3.67. The first-order valence-corrected chi connectivity index (χ1v) is 15.3. The van der Waals surface area contributed by atoms with Crippen LogP contribution in [0.5, 0.6) is 0 Å². The van der Waals surface area contributed by atoms with Gasteiger partial charge in [-0.2, -0.15) is 0 Å². The summed E-state index contributed by atoms with van der Waals surface area (Å²) in [5, 5.41) is 4.24. The van der Waals surface area contributed by atoms with Crippen LogP contribution in [0.3, 0.4) is 0 Å². The van der Waals surface area contributed by atoms with E-state index in [2.05, 4.69) is 10.0 Å². The Bertz CT molecular complexity index is 1940. The molecule has 2 aliphatic rings. The molecule has 1 saturated heterocycles. The van der Waals surface area contributed by atoms with E-state index in [9.17, 15) is 22.8 Å². The van der Waals surface area contributed by atoms with Gasteiger partial charge in [0.1, 0.15) is 0 Å². The summed E-state index contributed by atoms with van der Waals surface area (Å²) in [7, 11) is -4.02. The number of amides is 3. The molecule has 3 amide bonds. The molecular formula is C29H19Cl2N3O5S2. The summed E-state index contributed by atoms with van der Waals surface area (Å²) in [5.74, 6) is -1.26.